The molecular weight excluding hydrogens is 187 g/mol. The van der Waals surface area contributed by atoms with Gasteiger partial charge in [-0.05, 0) is 0 Å². The maximum absolute atomic E-state index is 12.4. The number of hydrogen-bond donors (Lipinski definition) is 2. The number of nitrogens with two attached hydrogens (primary N) is 1. The number of rotatable bonds is 1. The summed E-state index contributed by atoms with van der Waals surface area (Å²) < 4.78 is 33.6. The number of aromatic amines is 1. The molecular formula is C5H5FN2O3S. The van der Waals surface area contributed by atoms with Gasteiger partial charge >= 0.3 is 0 Å². The van der Waals surface area contributed by atoms with Crippen molar-refractivity contribution in [2.24, 2.45) is 5.14 Å². The Morgan fingerprint density at radius 2 is 2.08 bits per heavy atom. The van der Waals surface area contributed by atoms with Gasteiger partial charge in [0, 0.05) is 12.3 Å². The van der Waals surface area contributed by atoms with Crippen LogP contribution in [0.25, 0.3) is 0 Å². The van der Waals surface area contributed by atoms with Gasteiger partial charge in [0.15, 0.2) is 5.82 Å². The summed E-state index contributed by atoms with van der Waals surface area (Å²) in [7, 11) is -3.95. The Kier molecular flexibility index (Phi) is 1.99. The Hall–Kier alpha value is -1.21. The second-order valence-corrected chi connectivity index (χ2v) is 3.62. The van der Waals surface area contributed by atoms with Crippen molar-refractivity contribution in [2.45, 2.75) is 4.90 Å². The van der Waals surface area contributed by atoms with Crippen molar-refractivity contribution in [1.29, 1.82) is 0 Å². The predicted molar refractivity (Wildman–Crippen MR) is 38.4 cm³/mol. The van der Waals surface area contributed by atoms with Gasteiger partial charge in [-0.2, -0.15) is 0 Å². The fourth-order valence-corrected chi connectivity index (χ4v) is 1.09. The van der Waals surface area contributed by atoms with E-state index >= 15 is 0 Å². The minimum absolute atomic E-state index is 0.459. The molecule has 0 radical (unpaired) electrons. The topological polar surface area (TPSA) is 93.0 Å². The zero-order chi connectivity index (χ0) is 9.35. The van der Waals surface area contributed by atoms with E-state index in [1.807, 2.05) is 4.98 Å². The van der Waals surface area contributed by atoms with E-state index in [2.05, 4.69) is 5.14 Å². The molecule has 3 N–H and O–H groups in total. The van der Waals surface area contributed by atoms with Crippen LogP contribution < -0.4 is 10.7 Å². The molecule has 0 spiro atoms. The van der Waals surface area contributed by atoms with Crippen LogP contribution in [0, 0.1) is 5.82 Å². The standard InChI is InChI=1S/C5H5FN2O3S/c6-4-1-3(12(7,10)11)2-8-5(4)9/h1-2H,(H,8,9)(H2,7,10,11). The van der Waals surface area contributed by atoms with E-state index in [0.717, 1.165) is 6.20 Å². The van der Waals surface area contributed by atoms with Gasteiger partial charge in [0.05, 0.1) is 0 Å². The lowest BCUT2D eigenvalue weighted by atomic mass is 10.5. The van der Waals surface area contributed by atoms with Crippen molar-refractivity contribution in [2.75, 3.05) is 0 Å². The number of nitrogens with one attached hydrogen (secondary N) is 1. The molecule has 0 atom stereocenters. The molecule has 0 aliphatic carbocycles. The highest BCUT2D eigenvalue weighted by Gasteiger charge is 2.09. The molecule has 0 amide bonds. The molecule has 0 saturated carbocycles. The van der Waals surface area contributed by atoms with Crippen LogP contribution in [-0.2, 0) is 10.0 Å². The van der Waals surface area contributed by atoms with Crippen molar-refractivity contribution in [3.63, 3.8) is 0 Å². The summed E-state index contributed by atoms with van der Waals surface area (Å²) in [6.07, 6.45) is 0.834. The van der Waals surface area contributed by atoms with Crippen LogP contribution in [0.2, 0.25) is 0 Å². The van der Waals surface area contributed by atoms with Crippen LogP contribution >= 0.6 is 0 Å². The highest BCUT2D eigenvalue weighted by atomic mass is 32.2. The summed E-state index contributed by atoms with van der Waals surface area (Å²) in [6.45, 7) is 0. The second kappa shape index (κ2) is 2.68. The summed E-state index contributed by atoms with van der Waals surface area (Å²) in [5.41, 5.74) is -0.984. The molecule has 0 bridgehead atoms. The van der Waals surface area contributed by atoms with E-state index < -0.39 is 26.3 Å². The minimum atomic E-state index is -3.95. The molecule has 0 aliphatic heterocycles. The summed E-state index contributed by atoms with van der Waals surface area (Å²) in [6, 6.07) is 0.564. The van der Waals surface area contributed by atoms with Gasteiger partial charge in [0.2, 0.25) is 10.0 Å². The fraction of sp³-hybridized carbons (Fsp3) is 0. The van der Waals surface area contributed by atoms with Gasteiger partial charge in [0.25, 0.3) is 5.56 Å². The number of pyridine rings is 1. The molecule has 0 fully saturated rings. The Morgan fingerprint density at radius 1 is 1.50 bits per heavy atom. The zero-order valence-electron chi connectivity index (χ0n) is 5.74. The lowest BCUT2D eigenvalue weighted by molar-refractivity contribution is 0.585. The quantitative estimate of drug-likeness (QED) is 0.607. The second-order valence-electron chi connectivity index (χ2n) is 2.06. The Bertz CT molecular complexity index is 450. The molecule has 1 rings (SSSR count). The number of primary sulfonamides is 1. The maximum atomic E-state index is 12.4. The molecule has 66 valence electrons. The molecule has 1 heterocycles. The van der Waals surface area contributed by atoms with Crippen molar-refractivity contribution >= 4 is 10.0 Å². The Balaban J connectivity index is 3.43. The molecule has 12 heavy (non-hydrogen) atoms. The molecule has 0 aromatic carbocycles. The van der Waals surface area contributed by atoms with E-state index in [0.29, 0.717) is 6.07 Å². The first-order chi connectivity index (χ1) is 5.41. The van der Waals surface area contributed by atoms with E-state index in [-0.39, 0.29) is 0 Å². The molecule has 5 nitrogen and oxygen atoms in total. The van der Waals surface area contributed by atoms with Crippen LogP contribution in [-0.4, -0.2) is 13.4 Å². The average molecular weight is 192 g/mol. The van der Waals surface area contributed by atoms with Gasteiger partial charge in [-0.15, -0.1) is 0 Å². The summed E-state index contributed by atoms with van der Waals surface area (Å²) in [5, 5.41) is 4.66. The average Bonchev–Trinajstić information content (AvgIpc) is 1.92. The molecule has 1 aromatic rings. The fourth-order valence-electron chi connectivity index (χ4n) is 0.602. The van der Waals surface area contributed by atoms with Gasteiger partial charge < -0.3 is 4.98 Å². The first kappa shape index (κ1) is 8.88. The van der Waals surface area contributed by atoms with Gasteiger partial charge in [-0.3, -0.25) is 4.79 Å². The van der Waals surface area contributed by atoms with Crippen molar-refractivity contribution < 1.29 is 12.8 Å². The van der Waals surface area contributed by atoms with E-state index in [1.165, 1.54) is 0 Å². The SMILES string of the molecule is NS(=O)(=O)c1c[nH]c(=O)c(F)c1. The van der Waals surface area contributed by atoms with Crippen molar-refractivity contribution in [1.82, 2.24) is 4.98 Å². The Labute approximate surface area is 67.1 Å². The number of aromatic nitrogens is 1. The van der Waals surface area contributed by atoms with Gasteiger partial charge in [0.1, 0.15) is 4.90 Å². The van der Waals surface area contributed by atoms with E-state index in [9.17, 15) is 17.6 Å². The minimum Gasteiger partial charge on any atom is -0.325 e. The summed E-state index contributed by atoms with van der Waals surface area (Å²) >= 11 is 0. The predicted octanol–water partition coefficient (Wildman–Crippen LogP) is -0.839. The summed E-state index contributed by atoms with van der Waals surface area (Å²) in [4.78, 5) is 11.9. The molecule has 7 heteroatoms. The zero-order valence-corrected chi connectivity index (χ0v) is 6.56. The highest BCUT2D eigenvalue weighted by Crippen LogP contribution is 2.02. The molecule has 0 unspecified atom stereocenters. The largest absolute Gasteiger partial charge is 0.325 e. The molecule has 0 aliphatic rings. The monoisotopic (exact) mass is 192 g/mol. The van der Waals surface area contributed by atoms with Crippen LogP contribution in [0.15, 0.2) is 22.0 Å². The summed E-state index contributed by atoms with van der Waals surface area (Å²) in [5.74, 6) is -1.18. The first-order valence-electron chi connectivity index (χ1n) is 2.82. The van der Waals surface area contributed by atoms with Crippen LogP contribution in [0.5, 0.6) is 0 Å². The number of halogens is 1. The third-order valence-electron chi connectivity index (χ3n) is 1.16. The molecule has 1 aromatic heterocycles. The third-order valence-corrected chi connectivity index (χ3v) is 2.05. The number of sulfonamides is 1. The van der Waals surface area contributed by atoms with Crippen LogP contribution in [0.4, 0.5) is 4.39 Å². The lowest BCUT2D eigenvalue weighted by Crippen LogP contribution is -2.17. The number of H-pyrrole nitrogens is 1. The Morgan fingerprint density at radius 3 is 2.50 bits per heavy atom. The van der Waals surface area contributed by atoms with Crippen LogP contribution in [0.3, 0.4) is 0 Å². The first-order valence-corrected chi connectivity index (χ1v) is 4.37. The van der Waals surface area contributed by atoms with Crippen LogP contribution in [0.1, 0.15) is 0 Å². The van der Waals surface area contributed by atoms with Crippen molar-refractivity contribution in [3.05, 3.63) is 28.4 Å². The van der Waals surface area contributed by atoms with Gasteiger partial charge in [-0.1, -0.05) is 0 Å². The molecule has 0 saturated heterocycles. The van der Waals surface area contributed by atoms with Crippen molar-refractivity contribution in [3.8, 4) is 0 Å². The highest BCUT2D eigenvalue weighted by molar-refractivity contribution is 7.89. The smallest absolute Gasteiger partial charge is 0.284 e. The van der Waals surface area contributed by atoms with Gasteiger partial charge in [-0.25, -0.2) is 17.9 Å². The normalized spacial score (nSPS) is 11.5. The third kappa shape index (κ3) is 1.69. The maximum Gasteiger partial charge on any atom is 0.284 e. The van der Waals surface area contributed by atoms with E-state index in [4.69, 9.17) is 0 Å². The lowest BCUT2D eigenvalue weighted by Gasteiger charge is -1.95. The van der Waals surface area contributed by atoms with E-state index in [1.54, 1.807) is 0 Å². The number of hydrogen-bond acceptors (Lipinski definition) is 3.